The quantitative estimate of drug-likeness (QED) is 0.666. The highest BCUT2D eigenvalue weighted by Gasteiger charge is 2.22. The molecule has 1 aliphatic heterocycles. The molecule has 1 heteroatoms. The Morgan fingerprint density at radius 3 is 2.67 bits per heavy atom. The van der Waals surface area contributed by atoms with Crippen LogP contribution in [0.15, 0.2) is 43.0 Å². The van der Waals surface area contributed by atoms with E-state index in [1.165, 1.54) is 24.8 Å². The van der Waals surface area contributed by atoms with Crippen molar-refractivity contribution in [2.24, 2.45) is 0 Å². The average Bonchev–Trinajstić information content (AvgIpc) is 2.33. The van der Waals surface area contributed by atoms with Gasteiger partial charge in [-0.05, 0) is 18.4 Å². The summed E-state index contributed by atoms with van der Waals surface area (Å²) in [6.07, 6.45) is 5.83. The molecule has 0 N–H and O–H groups in total. The van der Waals surface area contributed by atoms with Crippen molar-refractivity contribution < 1.29 is 0 Å². The summed E-state index contributed by atoms with van der Waals surface area (Å²) in [5.74, 6) is 0.409. The molecule has 0 aromatic heterocycles. The van der Waals surface area contributed by atoms with Crippen molar-refractivity contribution in [2.45, 2.75) is 31.2 Å². The lowest BCUT2D eigenvalue weighted by atomic mass is 9.87. The molecule has 79 valence electrons. The van der Waals surface area contributed by atoms with Gasteiger partial charge in [0.15, 0.2) is 0 Å². The van der Waals surface area contributed by atoms with E-state index in [0.29, 0.717) is 12.0 Å². The van der Waals surface area contributed by atoms with Crippen molar-refractivity contribution in [2.75, 3.05) is 6.54 Å². The number of hydrogen-bond donors (Lipinski definition) is 0. The predicted molar refractivity (Wildman–Crippen MR) is 64.0 cm³/mol. The summed E-state index contributed by atoms with van der Waals surface area (Å²) in [6.45, 7) is 4.98. The Morgan fingerprint density at radius 2 is 2.07 bits per heavy atom. The van der Waals surface area contributed by atoms with Crippen molar-refractivity contribution in [3.63, 3.8) is 0 Å². The molecule has 1 radical (unpaired) electrons. The first-order valence-electron chi connectivity index (χ1n) is 5.76. The van der Waals surface area contributed by atoms with E-state index in [2.05, 4.69) is 43.0 Å². The van der Waals surface area contributed by atoms with Crippen LogP contribution in [0.1, 0.15) is 30.7 Å². The zero-order valence-electron chi connectivity index (χ0n) is 9.10. The summed E-state index contributed by atoms with van der Waals surface area (Å²) in [5.41, 5.74) is 1.35. The highest BCUT2D eigenvalue weighted by atomic mass is 14.9. The van der Waals surface area contributed by atoms with Crippen LogP contribution in [0, 0.1) is 0 Å². The summed E-state index contributed by atoms with van der Waals surface area (Å²) >= 11 is 0. The Kier molecular flexibility index (Phi) is 3.57. The van der Waals surface area contributed by atoms with E-state index in [1.54, 1.807) is 0 Å². The Labute approximate surface area is 92.2 Å². The zero-order chi connectivity index (χ0) is 10.5. The molecule has 1 nitrogen and oxygen atoms in total. The minimum Gasteiger partial charge on any atom is -0.237 e. The number of benzene rings is 1. The van der Waals surface area contributed by atoms with Crippen LogP contribution in [0.4, 0.5) is 0 Å². The van der Waals surface area contributed by atoms with Crippen molar-refractivity contribution in [3.8, 4) is 0 Å². The van der Waals surface area contributed by atoms with E-state index in [9.17, 15) is 0 Å². The third-order valence-electron chi connectivity index (χ3n) is 3.12. The largest absolute Gasteiger partial charge is 0.237 e. The third-order valence-corrected chi connectivity index (χ3v) is 3.12. The maximum absolute atomic E-state index is 4.71. The Hall–Kier alpha value is -1.08. The normalized spacial score (nSPS) is 23.3. The van der Waals surface area contributed by atoms with Gasteiger partial charge in [0.25, 0.3) is 0 Å². The Balaban J connectivity index is 2.12. The van der Waals surface area contributed by atoms with Gasteiger partial charge in [-0.1, -0.05) is 42.8 Å². The van der Waals surface area contributed by atoms with Crippen LogP contribution in [0.5, 0.6) is 0 Å². The van der Waals surface area contributed by atoms with Gasteiger partial charge < -0.3 is 0 Å². The first-order chi connectivity index (χ1) is 7.42. The highest BCUT2D eigenvalue weighted by Crippen LogP contribution is 2.26. The van der Waals surface area contributed by atoms with Gasteiger partial charge in [0.1, 0.15) is 0 Å². The Morgan fingerprint density at radius 1 is 1.27 bits per heavy atom. The van der Waals surface area contributed by atoms with E-state index < -0.39 is 0 Å². The van der Waals surface area contributed by atoms with E-state index in [1.807, 2.05) is 0 Å². The van der Waals surface area contributed by atoms with Crippen LogP contribution >= 0.6 is 0 Å². The molecule has 15 heavy (non-hydrogen) atoms. The topological polar surface area (TPSA) is 14.1 Å². The molecule has 1 fully saturated rings. The number of nitrogens with zero attached hydrogens (tertiary/aromatic N) is 1. The van der Waals surface area contributed by atoms with Gasteiger partial charge in [-0.2, -0.15) is 0 Å². The standard InChI is InChI=1S/C14H18N/c1-2-13(12-8-4-3-5-9-12)14-10-6-7-11-15-14/h2-5,8-9,13-14H,1,6-7,10-11H2. The van der Waals surface area contributed by atoms with Crippen molar-refractivity contribution in [1.29, 1.82) is 0 Å². The summed E-state index contributed by atoms with van der Waals surface area (Å²) in [7, 11) is 0. The van der Waals surface area contributed by atoms with Crippen LogP contribution in [0.2, 0.25) is 0 Å². The predicted octanol–water partition coefficient (Wildman–Crippen LogP) is 3.11. The molecule has 1 aliphatic rings. The summed E-state index contributed by atoms with van der Waals surface area (Å²) in [5, 5.41) is 4.71. The molecule has 1 aromatic rings. The monoisotopic (exact) mass is 200 g/mol. The van der Waals surface area contributed by atoms with Crippen molar-refractivity contribution >= 4 is 0 Å². The zero-order valence-corrected chi connectivity index (χ0v) is 9.10. The molecular formula is C14H18N. The van der Waals surface area contributed by atoms with Gasteiger partial charge in [-0.3, -0.25) is 0 Å². The lowest BCUT2D eigenvalue weighted by Crippen LogP contribution is -2.32. The SMILES string of the molecule is C=CC(c1ccccc1)C1CCCC[N]1. The molecule has 0 aliphatic carbocycles. The number of piperidine rings is 1. The van der Waals surface area contributed by atoms with Crippen LogP contribution in [0.3, 0.4) is 0 Å². The summed E-state index contributed by atoms with van der Waals surface area (Å²) in [4.78, 5) is 0. The fourth-order valence-electron chi connectivity index (χ4n) is 2.30. The minimum absolute atomic E-state index is 0.409. The lowest BCUT2D eigenvalue weighted by molar-refractivity contribution is 0.369. The van der Waals surface area contributed by atoms with Gasteiger partial charge in [0.05, 0.1) is 0 Å². The van der Waals surface area contributed by atoms with Crippen molar-refractivity contribution in [1.82, 2.24) is 5.32 Å². The second-order valence-corrected chi connectivity index (χ2v) is 4.14. The second-order valence-electron chi connectivity index (χ2n) is 4.14. The van der Waals surface area contributed by atoms with E-state index in [-0.39, 0.29) is 0 Å². The van der Waals surface area contributed by atoms with E-state index >= 15 is 0 Å². The lowest BCUT2D eigenvalue weighted by Gasteiger charge is -2.28. The average molecular weight is 200 g/mol. The maximum Gasteiger partial charge on any atom is 0.0349 e. The first kappa shape index (κ1) is 10.4. The molecule has 1 saturated heterocycles. The van der Waals surface area contributed by atoms with Gasteiger partial charge in [0.2, 0.25) is 0 Å². The Bertz CT molecular complexity index is 298. The minimum atomic E-state index is 0.409. The summed E-state index contributed by atoms with van der Waals surface area (Å²) < 4.78 is 0. The van der Waals surface area contributed by atoms with Crippen LogP contribution in [-0.2, 0) is 0 Å². The molecule has 0 spiro atoms. The fourth-order valence-corrected chi connectivity index (χ4v) is 2.30. The molecule has 0 amide bonds. The van der Waals surface area contributed by atoms with Crippen LogP contribution in [-0.4, -0.2) is 12.6 Å². The highest BCUT2D eigenvalue weighted by molar-refractivity contribution is 5.25. The van der Waals surface area contributed by atoms with E-state index in [4.69, 9.17) is 5.32 Å². The molecule has 1 heterocycles. The molecule has 2 unspecified atom stereocenters. The summed E-state index contributed by atoms with van der Waals surface area (Å²) in [6, 6.07) is 11.1. The third kappa shape index (κ3) is 2.48. The fraction of sp³-hybridized carbons (Fsp3) is 0.429. The molecule has 0 saturated carbocycles. The van der Waals surface area contributed by atoms with Crippen LogP contribution < -0.4 is 5.32 Å². The van der Waals surface area contributed by atoms with Gasteiger partial charge in [0, 0.05) is 18.5 Å². The molecule has 1 aromatic carbocycles. The molecular weight excluding hydrogens is 182 g/mol. The van der Waals surface area contributed by atoms with Gasteiger partial charge >= 0.3 is 0 Å². The second kappa shape index (κ2) is 5.13. The van der Waals surface area contributed by atoms with E-state index in [0.717, 1.165) is 6.54 Å². The maximum atomic E-state index is 4.71. The number of rotatable bonds is 3. The first-order valence-corrected chi connectivity index (χ1v) is 5.76. The molecule has 2 atom stereocenters. The van der Waals surface area contributed by atoms with Gasteiger partial charge in [-0.25, -0.2) is 5.32 Å². The molecule has 2 rings (SSSR count). The van der Waals surface area contributed by atoms with Gasteiger partial charge in [-0.15, -0.1) is 6.58 Å². The van der Waals surface area contributed by atoms with Crippen molar-refractivity contribution in [3.05, 3.63) is 48.6 Å². The smallest absolute Gasteiger partial charge is 0.0349 e. The van der Waals surface area contributed by atoms with Crippen LogP contribution in [0.25, 0.3) is 0 Å². The molecule has 0 bridgehead atoms. The number of hydrogen-bond acceptors (Lipinski definition) is 0.